The molecular formula is C20H18Cl2N2O3. The van der Waals surface area contributed by atoms with Gasteiger partial charge >= 0.3 is 0 Å². The average Bonchev–Trinajstić information content (AvgIpc) is 2.93. The van der Waals surface area contributed by atoms with Gasteiger partial charge in [0.25, 0.3) is 5.91 Å². The third-order valence-electron chi connectivity index (χ3n) is 4.68. The molecule has 1 atom stereocenters. The molecule has 27 heavy (non-hydrogen) atoms. The lowest BCUT2D eigenvalue weighted by atomic mass is 9.97. The Kier molecular flexibility index (Phi) is 5.18. The number of hydrogen-bond donors (Lipinski definition) is 2. The summed E-state index contributed by atoms with van der Waals surface area (Å²) in [4.78, 5) is 25.4. The van der Waals surface area contributed by atoms with Crippen molar-refractivity contribution in [2.24, 2.45) is 0 Å². The summed E-state index contributed by atoms with van der Waals surface area (Å²) in [5, 5.41) is 13.9. The molecule has 3 rings (SSSR count). The highest BCUT2D eigenvalue weighted by atomic mass is 35.5. The third-order valence-corrected chi connectivity index (χ3v) is 5.42. The van der Waals surface area contributed by atoms with Crippen molar-refractivity contribution in [2.45, 2.75) is 19.8 Å². The minimum atomic E-state index is -0.498. The number of phenolic OH excluding ortho intramolecular Hbond substituents is 1. The zero-order valence-electron chi connectivity index (χ0n) is 15.0. The Labute approximate surface area is 166 Å². The molecule has 2 aromatic carbocycles. The number of rotatable bonds is 3. The summed E-state index contributed by atoms with van der Waals surface area (Å²) < 4.78 is 1.53. The van der Waals surface area contributed by atoms with E-state index in [0.717, 1.165) is 0 Å². The molecule has 0 radical (unpaired) electrons. The molecule has 140 valence electrons. The van der Waals surface area contributed by atoms with E-state index in [1.807, 2.05) is 0 Å². The van der Waals surface area contributed by atoms with Crippen molar-refractivity contribution < 1.29 is 14.7 Å². The van der Waals surface area contributed by atoms with Crippen LogP contribution >= 0.6 is 23.2 Å². The molecule has 0 aliphatic heterocycles. The normalized spacial score (nSPS) is 12.2. The first-order valence-electron chi connectivity index (χ1n) is 8.31. The fraction of sp³-hybridized carbons (Fsp3) is 0.200. The molecule has 0 bridgehead atoms. The highest BCUT2D eigenvalue weighted by Crippen LogP contribution is 2.35. The fourth-order valence-electron chi connectivity index (χ4n) is 3.34. The predicted molar refractivity (Wildman–Crippen MR) is 107 cm³/mol. The summed E-state index contributed by atoms with van der Waals surface area (Å²) >= 11 is 12.0. The molecule has 3 aromatic rings. The first-order chi connectivity index (χ1) is 12.8. The first-order valence-corrected chi connectivity index (χ1v) is 9.07. The SMILES string of the molecule is CNC(=O)C(C)c1c(C)n(C(=O)c2ccc(Cl)c(Cl)c2)c2ccc(O)cc12. The highest BCUT2D eigenvalue weighted by molar-refractivity contribution is 6.42. The Hall–Kier alpha value is -2.50. The van der Waals surface area contributed by atoms with Gasteiger partial charge < -0.3 is 10.4 Å². The van der Waals surface area contributed by atoms with Crippen molar-refractivity contribution >= 4 is 45.9 Å². The number of hydrogen-bond acceptors (Lipinski definition) is 3. The number of carbonyl (C=O) groups excluding carboxylic acids is 2. The summed E-state index contributed by atoms with van der Waals surface area (Å²) in [6.07, 6.45) is 0. The lowest BCUT2D eigenvalue weighted by Crippen LogP contribution is -2.24. The van der Waals surface area contributed by atoms with Gasteiger partial charge in [-0.15, -0.1) is 0 Å². The second-order valence-electron chi connectivity index (χ2n) is 6.31. The molecule has 0 aliphatic rings. The van der Waals surface area contributed by atoms with Gasteiger partial charge in [-0.1, -0.05) is 23.2 Å². The smallest absolute Gasteiger partial charge is 0.262 e. The van der Waals surface area contributed by atoms with E-state index >= 15 is 0 Å². The predicted octanol–water partition coefficient (Wildman–Crippen LogP) is 4.50. The van der Waals surface area contributed by atoms with Crippen LogP contribution in [0.1, 0.15) is 34.5 Å². The number of amides is 1. The van der Waals surface area contributed by atoms with Crippen LogP contribution in [0, 0.1) is 6.92 Å². The lowest BCUT2D eigenvalue weighted by Gasteiger charge is -2.12. The van der Waals surface area contributed by atoms with Crippen LogP contribution in [0.4, 0.5) is 0 Å². The van der Waals surface area contributed by atoms with E-state index in [2.05, 4.69) is 5.32 Å². The van der Waals surface area contributed by atoms with E-state index in [1.165, 1.54) is 16.7 Å². The number of nitrogens with zero attached hydrogens (tertiary/aromatic N) is 1. The molecule has 0 fully saturated rings. The number of fused-ring (bicyclic) bond motifs is 1. The van der Waals surface area contributed by atoms with Gasteiger partial charge in [-0.25, -0.2) is 0 Å². The molecule has 1 heterocycles. The molecule has 0 saturated carbocycles. The van der Waals surface area contributed by atoms with E-state index in [0.29, 0.717) is 32.7 Å². The number of benzene rings is 2. The van der Waals surface area contributed by atoms with Crippen molar-refractivity contribution in [1.29, 1.82) is 0 Å². The Morgan fingerprint density at radius 2 is 1.81 bits per heavy atom. The summed E-state index contributed by atoms with van der Waals surface area (Å²) in [5.41, 5.74) is 2.29. The largest absolute Gasteiger partial charge is 0.508 e. The van der Waals surface area contributed by atoms with E-state index < -0.39 is 5.92 Å². The van der Waals surface area contributed by atoms with Crippen LogP contribution in [0.25, 0.3) is 10.9 Å². The third kappa shape index (κ3) is 3.29. The van der Waals surface area contributed by atoms with Gasteiger partial charge in [-0.3, -0.25) is 14.2 Å². The molecule has 0 spiro atoms. The van der Waals surface area contributed by atoms with Crippen LogP contribution < -0.4 is 5.32 Å². The Morgan fingerprint density at radius 3 is 2.44 bits per heavy atom. The maximum absolute atomic E-state index is 13.2. The minimum absolute atomic E-state index is 0.0620. The zero-order valence-corrected chi connectivity index (χ0v) is 16.5. The highest BCUT2D eigenvalue weighted by Gasteiger charge is 2.26. The Bertz CT molecular complexity index is 1070. The standard InChI is InChI=1S/C20H18Cl2N2O3/c1-10(19(26)23-3)18-11(2)24(17-7-5-13(25)9-14(17)18)20(27)12-4-6-15(21)16(22)8-12/h4-10,25H,1-3H3,(H,23,26). The molecule has 1 aromatic heterocycles. The number of aromatic nitrogens is 1. The van der Waals surface area contributed by atoms with E-state index in [-0.39, 0.29) is 22.6 Å². The van der Waals surface area contributed by atoms with Gasteiger partial charge in [0, 0.05) is 23.7 Å². The summed E-state index contributed by atoms with van der Waals surface area (Å²) in [5.74, 6) is -0.909. The molecule has 2 N–H and O–H groups in total. The summed E-state index contributed by atoms with van der Waals surface area (Å²) in [6.45, 7) is 3.54. The van der Waals surface area contributed by atoms with Crippen LogP contribution in [0.2, 0.25) is 10.0 Å². The molecular weight excluding hydrogens is 387 g/mol. The molecule has 7 heteroatoms. The first kappa shape index (κ1) is 19.3. The number of likely N-dealkylation sites (N-methyl/N-ethyl adjacent to an activating group) is 1. The quantitative estimate of drug-likeness (QED) is 0.674. The van der Waals surface area contributed by atoms with Crippen molar-refractivity contribution in [3.05, 3.63) is 63.3 Å². The maximum atomic E-state index is 13.2. The summed E-state index contributed by atoms with van der Waals surface area (Å²) in [7, 11) is 1.56. The number of halogens is 2. The van der Waals surface area contributed by atoms with Crippen LogP contribution in [-0.4, -0.2) is 28.5 Å². The molecule has 0 aliphatic carbocycles. The van der Waals surface area contributed by atoms with Crippen LogP contribution in [-0.2, 0) is 4.79 Å². The maximum Gasteiger partial charge on any atom is 0.262 e. The van der Waals surface area contributed by atoms with Gasteiger partial charge in [0.15, 0.2) is 0 Å². The fourth-order valence-corrected chi connectivity index (χ4v) is 3.64. The van der Waals surface area contributed by atoms with Crippen molar-refractivity contribution in [2.75, 3.05) is 7.05 Å². The van der Waals surface area contributed by atoms with Gasteiger partial charge in [-0.05, 0) is 55.8 Å². The second-order valence-corrected chi connectivity index (χ2v) is 7.12. The topological polar surface area (TPSA) is 71.3 Å². The molecule has 1 amide bonds. The van der Waals surface area contributed by atoms with Gasteiger partial charge in [0.1, 0.15) is 5.75 Å². The zero-order chi connectivity index (χ0) is 19.9. The molecule has 0 saturated heterocycles. The van der Waals surface area contributed by atoms with Crippen LogP contribution in [0.15, 0.2) is 36.4 Å². The van der Waals surface area contributed by atoms with Crippen molar-refractivity contribution in [3.63, 3.8) is 0 Å². The summed E-state index contributed by atoms with van der Waals surface area (Å²) in [6, 6.07) is 9.42. The Morgan fingerprint density at radius 1 is 1.11 bits per heavy atom. The molecule has 1 unspecified atom stereocenters. The van der Waals surface area contributed by atoms with Gasteiger partial charge in [0.05, 0.1) is 21.5 Å². The molecule has 5 nitrogen and oxygen atoms in total. The van der Waals surface area contributed by atoms with Gasteiger partial charge in [-0.2, -0.15) is 0 Å². The van der Waals surface area contributed by atoms with E-state index in [4.69, 9.17) is 23.2 Å². The minimum Gasteiger partial charge on any atom is -0.508 e. The Balaban J connectivity index is 2.27. The van der Waals surface area contributed by atoms with Crippen LogP contribution in [0.5, 0.6) is 5.75 Å². The van der Waals surface area contributed by atoms with E-state index in [1.54, 1.807) is 45.2 Å². The number of carbonyl (C=O) groups is 2. The van der Waals surface area contributed by atoms with E-state index in [9.17, 15) is 14.7 Å². The lowest BCUT2D eigenvalue weighted by molar-refractivity contribution is -0.121. The van der Waals surface area contributed by atoms with Crippen molar-refractivity contribution in [3.8, 4) is 5.75 Å². The second kappa shape index (κ2) is 7.25. The average molecular weight is 405 g/mol. The van der Waals surface area contributed by atoms with Gasteiger partial charge in [0.2, 0.25) is 5.91 Å². The number of nitrogens with one attached hydrogen (secondary N) is 1. The van der Waals surface area contributed by atoms with Crippen LogP contribution in [0.3, 0.4) is 0 Å². The van der Waals surface area contributed by atoms with Crippen molar-refractivity contribution in [1.82, 2.24) is 9.88 Å². The number of phenols is 1. The monoisotopic (exact) mass is 404 g/mol. The number of aromatic hydroxyl groups is 1.